The highest BCUT2D eigenvalue weighted by molar-refractivity contribution is 5.79. The number of ether oxygens (including phenoxy) is 3. The molecule has 0 radical (unpaired) electrons. The number of nitrogens with zero attached hydrogens (tertiary/aromatic N) is 1. The zero-order valence-electron chi connectivity index (χ0n) is 15.2. The third-order valence-corrected chi connectivity index (χ3v) is 6.29. The molecule has 5 heteroatoms. The van der Waals surface area contributed by atoms with Gasteiger partial charge in [-0.05, 0) is 44.4 Å². The van der Waals surface area contributed by atoms with Crippen molar-refractivity contribution >= 4 is 5.91 Å². The minimum atomic E-state index is -0.166. The number of rotatable bonds is 4. The maximum absolute atomic E-state index is 12.7. The molecule has 0 unspecified atom stereocenters. The molecule has 4 rings (SSSR count). The van der Waals surface area contributed by atoms with E-state index in [2.05, 4.69) is 17.1 Å². The molecule has 25 heavy (non-hydrogen) atoms. The predicted octanol–water partition coefficient (Wildman–Crippen LogP) is 2.55. The Morgan fingerprint density at radius 3 is 2.84 bits per heavy atom. The van der Waals surface area contributed by atoms with Gasteiger partial charge >= 0.3 is 0 Å². The lowest BCUT2D eigenvalue weighted by atomic mass is 9.88. The molecule has 3 aliphatic heterocycles. The van der Waals surface area contributed by atoms with E-state index < -0.39 is 0 Å². The zero-order chi connectivity index (χ0) is 17.1. The van der Waals surface area contributed by atoms with Crippen LogP contribution in [0.5, 0.6) is 0 Å². The largest absolute Gasteiger partial charge is 0.381 e. The lowest BCUT2D eigenvalue weighted by Crippen LogP contribution is -2.51. The Balaban J connectivity index is 1.27. The third-order valence-electron chi connectivity index (χ3n) is 6.29. The molecule has 1 aliphatic carbocycles. The van der Waals surface area contributed by atoms with E-state index >= 15 is 0 Å². The molecule has 1 amide bonds. The van der Waals surface area contributed by atoms with E-state index in [1.165, 1.54) is 0 Å². The highest BCUT2D eigenvalue weighted by Crippen LogP contribution is 2.37. The fourth-order valence-electron chi connectivity index (χ4n) is 4.74. The monoisotopic (exact) mass is 349 g/mol. The average Bonchev–Trinajstić information content (AvgIpc) is 3.31. The summed E-state index contributed by atoms with van der Waals surface area (Å²) in [5.41, 5.74) is -0.166. The summed E-state index contributed by atoms with van der Waals surface area (Å²) in [7, 11) is 0. The molecule has 5 nitrogen and oxygen atoms in total. The first-order valence-electron chi connectivity index (χ1n) is 10.0. The van der Waals surface area contributed by atoms with E-state index in [0.29, 0.717) is 18.4 Å². The van der Waals surface area contributed by atoms with Crippen LogP contribution in [0.4, 0.5) is 0 Å². The summed E-state index contributed by atoms with van der Waals surface area (Å²) in [5.74, 6) is 1.11. The molecule has 0 aromatic rings. The van der Waals surface area contributed by atoms with Crippen LogP contribution in [0.3, 0.4) is 0 Å². The van der Waals surface area contributed by atoms with Crippen molar-refractivity contribution in [3.8, 4) is 0 Å². The first kappa shape index (κ1) is 17.5. The number of carbonyl (C=O) groups excluding carboxylic acids is 1. The Labute approximate surface area is 150 Å². The smallest absolute Gasteiger partial charge is 0.226 e. The highest BCUT2D eigenvalue weighted by atomic mass is 16.6. The third kappa shape index (κ3) is 4.09. The Bertz CT molecular complexity index is 494. The summed E-state index contributed by atoms with van der Waals surface area (Å²) in [6, 6.07) is 0. The van der Waals surface area contributed by atoms with Crippen molar-refractivity contribution in [2.24, 2.45) is 11.8 Å². The summed E-state index contributed by atoms with van der Waals surface area (Å²) in [6.45, 7) is 4.87. The van der Waals surface area contributed by atoms with Gasteiger partial charge in [0.05, 0.1) is 24.9 Å². The van der Waals surface area contributed by atoms with E-state index in [0.717, 1.165) is 77.9 Å². The number of hydrogen-bond donors (Lipinski definition) is 0. The topological polar surface area (TPSA) is 48.0 Å². The number of hydrogen-bond acceptors (Lipinski definition) is 4. The summed E-state index contributed by atoms with van der Waals surface area (Å²) < 4.78 is 17.8. The molecule has 3 saturated heterocycles. The molecule has 140 valence electrons. The number of allylic oxidation sites excluding steroid dienone is 2. The van der Waals surface area contributed by atoms with Gasteiger partial charge in [0.2, 0.25) is 5.91 Å². The molecule has 0 aromatic heterocycles. The number of amides is 1. The number of piperidine rings is 1. The van der Waals surface area contributed by atoms with Crippen LogP contribution in [0.2, 0.25) is 0 Å². The van der Waals surface area contributed by atoms with Gasteiger partial charge in [-0.15, -0.1) is 0 Å². The van der Waals surface area contributed by atoms with E-state index in [1.54, 1.807) is 0 Å². The normalized spacial score (nSPS) is 34.2. The van der Waals surface area contributed by atoms with Crippen molar-refractivity contribution < 1.29 is 19.0 Å². The van der Waals surface area contributed by atoms with Gasteiger partial charge in [-0.1, -0.05) is 12.2 Å². The van der Waals surface area contributed by atoms with Crippen LogP contribution in [0.15, 0.2) is 12.2 Å². The van der Waals surface area contributed by atoms with E-state index in [1.807, 2.05) is 0 Å². The van der Waals surface area contributed by atoms with Gasteiger partial charge in [0, 0.05) is 38.6 Å². The minimum absolute atomic E-state index is 0.164. The maximum atomic E-state index is 12.7. The highest BCUT2D eigenvalue weighted by Gasteiger charge is 2.45. The molecule has 0 aromatic carbocycles. The van der Waals surface area contributed by atoms with Crippen LogP contribution in [-0.2, 0) is 19.0 Å². The molecule has 4 aliphatic rings. The van der Waals surface area contributed by atoms with Crippen molar-refractivity contribution in [3.05, 3.63) is 12.2 Å². The van der Waals surface area contributed by atoms with Crippen LogP contribution in [0, 0.1) is 11.8 Å². The second-order valence-electron chi connectivity index (χ2n) is 8.21. The molecular formula is C20H31NO4. The fraction of sp³-hybridized carbons (Fsp3) is 0.850. The lowest BCUT2D eigenvalue weighted by Gasteiger charge is -2.40. The van der Waals surface area contributed by atoms with Gasteiger partial charge < -0.3 is 19.1 Å². The van der Waals surface area contributed by atoms with Crippen molar-refractivity contribution in [2.75, 3.05) is 39.5 Å². The Morgan fingerprint density at radius 1 is 1.24 bits per heavy atom. The van der Waals surface area contributed by atoms with Gasteiger partial charge in [0.15, 0.2) is 0 Å². The summed E-state index contributed by atoms with van der Waals surface area (Å²) in [5, 5.41) is 0. The van der Waals surface area contributed by atoms with Gasteiger partial charge in [-0.3, -0.25) is 4.79 Å². The fourth-order valence-corrected chi connectivity index (χ4v) is 4.74. The maximum Gasteiger partial charge on any atom is 0.226 e. The number of likely N-dealkylation sites (tertiary alicyclic amines) is 1. The summed E-state index contributed by atoms with van der Waals surface area (Å²) >= 11 is 0. The van der Waals surface area contributed by atoms with Gasteiger partial charge in [0.1, 0.15) is 0 Å². The second kappa shape index (κ2) is 7.77. The first-order valence-corrected chi connectivity index (χ1v) is 10.0. The molecule has 1 spiro atoms. The van der Waals surface area contributed by atoms with Gasteiger partial charge in [0.25, 0.3) is 0 Å². The summed E-state index contributed by atoms with van der Waals surface area (Å²) in [6.07, 6.45) is 11.5. The quantitative estimate of drug-likeness (QED) is 0.732. The molecule has 0 bridgehead atoms. The SMILES string of the molecule is O=C(C1CC=CC1)N1CCC[C@]2(C[C@@H](OCC3CCOCC3)CO2)C1. The lowest BCUT2D eigenvalue weighted by molar-refractivity contribution is -0.143. The van der Waals surface area contributed by atoms with Crippen molar-refractivity contribution in [1.29, 1.82) is 0 Å². The van der Waals surface area contributed by atoms with Crippen molar-refractivity contribution in [1.82, 2.24) is 4.90 Å². The Hall–Kier alpha value is -0.910. The molecule has 3 heterocycles. The minimum Gasteiger partial charge on any atom is -0.381 e. The van der Waals surface area contributed by atoms with Crippen molar-refractivity contribution in [2.45, 2.75) is 56.7 Å². The Kier molecular flexibility index (Phi) is 5.44. The molecule has 2 atom stereocenters. The summed E-state index contributed by atoms with van der Waals surface area (Å²) in [4.78, 5) is 14.8. The van der Waals surface area contributed by atoms with Gasteiger partial charge in [-0.2, -0.15) is 0 Å². The van der Waals surface area contributed by atoms with Crippen LogP contribution < -0.4 is 0 Å². The molecule has 3 fully saturated rings. The molecule has 0 saturated carbocycles. The van der Waals surface area contributed by atoms with E-state index in [9.17, 15) is 4.79 Å². The number of carbonyl (C=O) groups is 1. The van der Waals surface area contributed by atoms with E-state index in [4.69, 9.17) is 14.2 Å². The van der Waals surface area contributed by atoms with Crippen LogP contribution in [0.1, 0.15) is 44.9 Å². The zero-order valence-corrected chi connectivity index (χ0v) is 15.2. The first-order chi connectivity index (χ1) is 12.2. The van der Waals surface area contributed by atoms with Gasteiger partial charge in [-0.25, -0.2) is 0 Å². The average molecular weight is 349 g/mol. The van der Waals surface area contributed by atoms with Crippen LogP contribution in [0.25, 0.3) is 0 Å². The van der Waals surface area contributed by atoms with Crippen LogP contribution >= 0.6 is 0 Å². The van der Waals surface area contributed by atoms with Crippen molar-refractivity contribution in [3.63, 3.8) is 0 Å². The predicted molar refractivity (Wildman–Crippen MR) is 94.3 cm³/mol. The van der Waals surface area contributed by atoms with E-state index in [-0.39, 0.29) is 17.6 Å². The standard InChI is InChI=1S/C20H31NO4/c22-19(17-4-1-2-5-17)21-9-3-8-20(15-21)12-18(14-25-20)24-13-16-6-10-23-11-7-16/h1-2,16-18H,3-15H2/t18-,20+/m1/s1. The Morgan fingerprint density at radius 2 is 2.04 bits per heavy atom. The molecule has 0 N–H and O–H groups in total. The van der Waals surface area contributed by atoms with Crippen LogP contribution in [-0.4, -0.2) is 62.0 Å². The second-order valence-corrected chi connectivity index (χ2v) is 8.21. The molecular weight excluding hydrogens is 318 g/mol.